The first kappa shape index (κ1) is 17.7. The van der Waals surface area contributed by atoms with Gasteiger partial charge in [0.2, 0.25) is 0 Å². The highest BCUT2D eigenvalue weighted by molar-refractivity contribution is 5.94. The number of likely N-dealkylation sites (tertiary alicyclic amines) is 1. The fourth-order valence-electron chi connectivity index (χ4n) is 4.05. The molecule has 0 saturated carbocycles. The number of amides is 1. The molecular formula is C20H26N6O. The summed E-state index contributed by atoms with van der Waals surface area (Å²) in [5.41, 5.74) is 8.59. The SMILES string of the molecule is Cc1nc(C2CCN(C(=O)c3ccc(N)nc3)CC2)nc2c1CCCN2C. The summed E-state index contributed by atoms with van der Waals surface area (Å²) in [7, 11) is 2.11. The highest BCUT2D eigenvalue weighted by atomic mass is 16.2. The topological polar surface area (TPSA) is 88.2 Å². The molecular weight excluding hydrogens is 340 g/mol. The molecule has 2 aliphatic heterocycles. The van der Waals surface area contributed by atoms with Gasteiger partial charge in [-0.05, 0) is 44.7 Å². The van der Waals surface area contributed by atoms with Crippen molar-refractivity contribution in [3.05, 3.63) is 41.0 Å². The zero-order valence-electron chi connectivity index (χ0n) is 16.0. The number of aromatic nitrogens is 3. The van der Waals surface area contributed by atoms with Crippen LogP contribution in [0.5, 0.6) is 0 Å². The van der Waals surface area contributed by atoms with Crippen molar-refractivity contribution >= 4 is 17.5 Å². The molecule has 0 unspecified atom stereocenters. The number of nitrogens with two attached hydrogens (primary N) is 1. The Morgan fingerprint density at radius 1 is 1.19 bits per heavy atom. The average molecular weight is 366 g/mol. The summed E-state index contributed by atoms with van der Waals surface area (Å²) in [5.74, 6) is 2.77. The number of anilines is 2. The first-order valence-corrected chi connectivity index (χ1v) is 9.62. The maximum Gasteiger partial charge on any atom is 0.255 e. The summed E-state index contributed by atoms with van der Waals surface area (Å²) in [6, 6.07) is 3.41. The van der Waals surface area contributed by atoms with Crippen LogP contribution in [-0.4, -0.2) is 52.4 Å². The van der Waals surface area contributed by atoms with Crippen LogP contribution >= 0.6 is 0 Å². The number of pyridine rings is 1. The Balaban J connectivity index is 1.46. The molecule has 1 amide bonds. The van der Waals surface area contributed by atoms with Crippen LogP contribution < -0.4 is 10.6 Å². The molecule has 2 aliphatic rings. The summed E-state index contributed by atoms with van der Waals surface area (Å²) in [4.78, 5) is 30.5. The van der Waals surface area contributed by atoms with E-state index in [1.54, 1.807) is 18.3 Å². The summed E-state index contributed by atoms with van der Waals surface area (Å²) in [6.07, 6.45) is 5.55. The molecule has 1 fully saturated rings. The number of hydrogen-bond acceptors (Lipinski definition) is 6. The normalized spacial score (nSPS) is 17.7. The van der Waals surface area contributed by atoms with Gasteiger partial charge in [0.15, 0.2) is 0 Å². The summed E-state index contributed by atoms with van der Waals surface area (Å²) in [6.45, 7) is 4.56. The maximum absolute atomic E-state index is 12.7. The van der Waals surface area contributed by atoms with Crippen molar-refractivity contribution in [1.82, 2.24) is 19.9 Å². The fourth-order valence-corrected chi connectivity index (χ4v) is 4.05. The number of nitrogens with zero attached hydrogens (tertiary/aromatic N) is 5. The lowest BCUT2D eigenvalue weighted by atomic mass is 9.94. The Labute approximate surface area is 159 Å². The molecule has 0 radical (unpaired) electrons. The summed E-state index contributed by atoms with van der Waals surface area (Å²) in [5, 5.41) is 0. The molecule has 2 aromatic heterocycles. The Kier molecular flexibility index (Phi) is 4.68. The van der Waals surface area contributed by atoms with Crippen LogP contribution in [0, 0.1) is 6.92 Å². The minimum atomic E-state index is 0.0169. The Morgan fingerprint density at radius 2 is 1.96 bits per heavy atom. The standard InChI is InChI=1S/C20H26N6O/c1-13-16-4-3-9-25(2)19(16)24-18(23-13)14-7-10-26(11-8-14)20(27)15-5-6-17(21)22-12-15/h5-6,12,14H,3-4,7-11H2,1-2H3,(H2,21,22). The van der Waals surface area contributed by atoms with Gasteiger partial charge in [-0.1, -0.05) is 0 Å². The lowest BCUT2D eigenvalue weighted by Gasteiger charge is -2.33. The van der Waals surface area contributed by atoms with E-state index in [2.05, 4.69) is 23.9 Å². The van der Waals surface area contributed by atoms with Crippen molar-refractivity contribution in [2.24, 2.45) is 0 Å². The molecule has 7 heteroatoms. The predicted molar refractivity (Wildman–Crippen MR) is 105 cm³/mol. The van der Waals surface area contributed by atoms with Crippen molar-refractivity contribution < 1.29 is 4.79 Å². The molecule has 0 spiro atoms. The van der Waals surface area contributed by atoms with Crippen LogP contribution in [0.25, 0.3) is 0 Å². The monoisotopic (exact) mass is 366 g/mol. The van der Waals surface area contributed by atoms with E-state index >= 15 is 0 Å². The zero-order chi connectivity index (χ0) is 19.0. The predicted octanol–water partition coefficient (Wildman–Crippen LogP) is 2.16. The van der Waals surface area contributed by atoms with E-state index < -0.39 is 0 Å². The second-order valence-electron chi connectivity index (χ2n) is 7.53. The third kappa shape index (κ3) is 3.46. The molecule has 0 aromatic carbocycles. The molecule has 7 nitrogen and oxygen atoms in total. The Hall–Kier alpha value is -2.70. The summed E-state index contributed by atoms with van der Waals surface area (Å²) >= 11 is 0. The Bertz CT molecular complexity index is 842. The van der Waals surface area contributed by atoms with Crippen molar-refractivity contribution in [2.45, 2.75) is 38.5 Å². The molecule has 4 heterocycles. The number of carbonyl (C=O) groups is 1. The van der Waals surface area contributed by atoms with Gasteiger partial charge in [0.25, 0.3) is 5.91 Å². The van der Waals surface area contributed by atoms with Gasteiger partial charge in [0.1, 0.15) is 17.5 Å². The van der Waals surface area contributed by atoms with E-state index in [-0.39, 0.29) is 5.91 Å². The van der Waals surface area contributed by atoms with Gasteiger partial charge in [0.05, 0.1) is 5.56 Å². The maximum atomic E-state index is 12.7. The van der Waals surface area contributed by atoms with Crippen LogP contribution in [0.3, 0.4) is 0 Å². The first-order valence-electron chi connectivity index (χ1n) is 9.62. The lowest BCUT2D eigenvalue weighted by Crippen LogP contribution is -2.38. The third-order valence-corrected chi connectivity index (χ3v) is 5.67. The van der Waals surface area contributed by atoms with Crippen LogP contribution in [0.1, 0.15) is 52.6 Å². The molecule has 2 N–H and O–H groups in total. The van der Waals surface area contributed by atoms with Crippen molar-refractivity contribution in [2.75, 3.05) is 37.3 Å². The van der Waals surface area contributed by atoms with Gasteiger partial charge in [-0.15, -0.1) is 0 Å². The minimum Gasteiger partial charge on any atom is -0.384 e. The van der Waals surface area contributed by atoms with Crippen LogP contribution in [0.2, 0.25) is 0 Å². The molecule has 142 valence electrons. The number of aryl methyl sites for hydroxylation is 1. The van der Waals surface area contributed by atoms with Crippen LogP contribution in [-0.2, 0) is 6.42 Å². The van der Waals surface area contributed by atoms with Gasteiger partial charge in [-0.3, -0.25) is 4.79 Å². The largest absolute Gasteiger partial charge is 0.384 e. The van der Waals surface area contributed by atoms with E-state index in [0.717, 1.165) is 49.6 Å². The van der Waals surface area contributed by atoms with Crippen LogP contribution in [0.4, 0.5) is 11.6 Å². The van der Waals surface area contributed by atoms with E-state index in [4.69, 9.17) is 15.7 Å². The highest BCUT2D eigenvalue weighted by Gasteiger charge is 2.28. The first-order chi connectivity index (χ1) is 13.0. The second kappa shape index (κ2) is 7.13. The molecule has 4 rings (SSSR count). The smallest absolute Gasteiger partial charge is 0.255 e. The molecule has 0 bridgehead atoms. The fraction of sp³-hybridized carbons (Fsp3) is 0.500. The molecule has 2 aromatic rings. The lowest BCUT2D eigenvalue weighted by molar-refractivity contribution is 0.0710. The third-order valence-electron chi connectivity index (χ3n) is 5.67. The van der Waals surface area contributed by atoms with E-state index in [9.17, 15) is 4.79 Å². The number of fused-ring (bicyclic) bond motifs is 1. The number of rotatable bonds is 2. The van der Waals surface area contributed by atoms with E-state index in [1.807, 2.05) is 4.90 Å². The van der Waals surface area contributed by atoms with Gasteiger partial charge < -0.3 is 15.5 Å². The van der Waals surface area contributed by atoms with Crippen molar-refractivity contribution in [3.63, 3.8) is 0 Å². The number of nitrogen functional groups attached to an aromatic ring is 1. The van der Waals surface area contributed by atoms with E-state index in [1.165, 1.54) is 5.56 Å². The number of carbonyl (C=O) groups excluding carboxylic acids is 1. The summed E-state index contributed by atoms with van der Waals surface area (Å²) < 4.78 is 0. The second-order valence-corrected chi connectivity index (χ2v) is 7.53. The van der Waals surface area contributed by atoms with Gasteiger partial charge in [-0.2, -0.15) is 0 Å². The quantitative estimate of drug-likeness (QED) is 0.876. The molecule has 0 atom stereocenters. The van der Waals surface area contributed by atoms with Crippen molar-refractivity contribution in [3.8, 4) is 0 Å². The highest BCUT2D eigenvalue weighted by Crippen LogP contribution is 2.31. The van der Waals surface area contributed by atoms with Gasteiger partial charge in [0, 0.05) is 50.1 Å². The Morgan fingerprint density at radius 3 is 2.67 bits per heavy atom. The van der Waals surface area contributed by atoms with Crippen molar-refractivity contribution in [1.29, 1.82) is 0 Å². The molecule has 27 heavy (non-hydrogen) atoms. The van der Waals surface area contributed by atoms with Crippen LogP contribution in [0.15, 0.2) is 18.3 Å². The number of hydrogen-bond donors (Lipinski definition) is 1. The van der Waals surface area contributed by atoms with Gasteiger partial charge in [-0.25, -0.2) is 15.0 Å². The van der Waals surface area contributed by atoms with E-state index in [0.29, 0.717) is 30.4 Å². The minimum absolute atomic E-state index is 0.0169. The average Bonchev–Trinajstić information content (AvgIpc) is 2.69. The zero-order valence-corrected chi connectivity index (χ0v) is 16.0. The molecule has 0 aliphatic carbocycles. The molecule has 1 saturated heterocycles. The van der Waals surface area contributed by atoms with Gasteiger partial charge >= 0.3 is 0 Å². The number of piperidine rings is 1.